The molecule has 5 heteroatoms. The van der Waals surface area contributed by atoms with Crippen molar-refractivity contribution in [3.05, 3.63) is 16.3 Å². The number of hydroxylamine groups is 1. The van der Waals surface area contributed by atoms with E-state index >= 15 is 0 Å². The zero-order chi connectivity index (χ0) is 9.26. The number of rotatable bonds is 1. The molecule has 0 radical (unpaired) electrons. The molecule has 0 atom stereocenters. The first-order chi connectivity index (χ1) is 6.27. The van der Waals surface area contributed by atoms with Crippen molar-refractivity contribution in [2.75, 3.05) is 11.8 Å². The molecule has 1 aromatic heterocycles. The fraction of sp³-hybridized carbons (Fsp3) is 0.375. The molecule has 0 spiro atoms. The number of anilines is 1. The minimum absolute atomic E-state index is 0.309. The highest BCUT2D eigenvalue weighted by molar-refractivity contribution is 7.08. The summed E-state index contributed by atoms with van der Waals surface area (Å²) in [5.41, 5.74) is 2.00. The maximum Gasteiger partial charge on any atom is 0.329 e. The maximum atomic E-state index is 10.7. The molecule has 0 saturated carbocycles. The Kier molecular flexibility index (Phi) is 2.20. The third-order valence-electron chi connectivity index (χ3n) is 1.69. The Hall–Kier alpha value is -1.07. The van der Waals surface area contributed by atoms with Gasteiger partial charge in [-0.3, -0.25) is 4.79 Å². The van der Waals surface area contributed by atoms with Crippen LogP contribution in [0, 0.1) is 0 Å². The van der Waals surface area contributed by atoms with Gasteiger partial charge in [-0.2, -0.15) is 5.06 Å². The van der Waals surface area contributed by atoms with E-state index in [-0.39, 0.29) is 5.97 Å². The van der Waals surface area contributed by atoms with E-state index in [0.717, 1.165) is 11.3 Å². The zero-order valence-electron chi connectivity index (χ0n) is 7.15. The molecule has 0 N–H and O–H groups in total. The molecule has 1 aromatic rings. The van der Waals surface area contributed by atoms with Crippen molar-refractivity contribution in [1.82, 2.24) is 0 Å². The van der Waals surface area contributed by atoms with Crippen LogP contribution in [0.2, 0.25) is 0 Å². The van der Waals surface area contributed by atoms with Gasteiger partial charge < -0.3 is 9.57 Å². The Morgan fingerprint density at radius 2 is 2.54 bits per heavy atom. The van der Waals surface area contributed by atoms with Crippen molar-refractivity contribution in [2.45, 2.75) is 13.5 Å². The highest BCUT2D eigenvalue weighted by atomic mass is 32.1. The summed E-state index contributed by atoms with van der Waals surface area (Å²) < 4.78 is 5.22. The van der Waals surface area contributed by atoms with Gasteiger partial charge in [0.2, 0.25) is 0 Å². The topological polar surface area (TPSA) is 38.8 Å². The summed E-state index contributed by atoms with van der Waals surface area (Å²) in [6.07, 6.45) is 0. The van der Waals surface area contributed by atoms with E-state index in [4.69, 9.17) is 9.57 Å². The third kappa shape index (κ3) is 1.66. The van der Waals surface area contributed by atoms with Crippen LogP contribution in [0.4, 0.5) is 5.69 Å². The molecule has 70 valence electrons. The summed E-state index contributed by atoms with van der Waals surface area (Å²) in [5.74, 6) is -0.331. The minimum atomic E-state index is -0.331. The predicted molar refractivity (Wildman–Crippen MR) is 48.2 cm³/mol. The highest BCUT2D eigenvalue weighted by Gasteiger charge is 2.20. The Balaban J connectivity index is 2.20. The summed E-state index contributed by atoms with van der Waals surface area (Å²) >= 11 is 1.57. The molecule has 13 heavy (non-hydrogen) atoms. The van der Waals surface area contributed by atoms with Crippen molar-refractivity contribution < 1.29 is 14.4 Å². The number of thiophene rings is 1. The molecule has 2 rings (SSSR count). The molecule has 2 heterocycles. The first-order valence-corrected chi connectivity index (χ1v) is 4.80. The van der Waals surface area contributed by atoms with Gasteiger partial charge in [0, 0.05) is 17.9 Å². The van der Waals surface area contributed by atoms with Crippen molar-refractivity contribution in [3.8, 4) is 0 Å². The number of carbonyl (C=O) groups excluding carboxylic acids is 1. The number of carbonyl (C=O) groups is 1. The monoisotopic (exact) mass is 199 g/mol. The van der Waals surface area contributed by atoms with Gasteiger partial charge in [0.15, 0.2) is 6.73 Å². The van der Waals surface area contributed by atoms with Gasteiger partial charge in [-0.1, -0.05) is 0 Å². The summed E-state index contributed by atoms with van der Waals surface area (Å²) in [7, 11) is 0. The SMILES string of the molecule is CC(=O)ON1COCc2cscc21. The molecule has 0 aliphatic carbocycles. The lowest BCUT2D eigenvalue weighted by Crippen LogP contribution is -2.31. The van der Waals surface area contributed by atoms with Crippen LogP contribution in [0.5, 0.6) is 0 Å². The zero-order valence-corrected chi connectivity index (χ0v) is 7.97. The molecule has 0 amide bonds. The molecule has 0 saturated heterocycles. The maximum absolute atomic E-state index is 10.7. The first kappa shape index (κ1) is 8.52. The molecule has 0 unspecified atom stereocenters. The molecule has 0 aromatic carbocycles. The Morgan fingerprint density at radius 1 is 1.69 bits per heavy atom. The van der Waals surface area contributed by atoms with E-state index in [9.17, 15) is 4.79 Å². The quantitative estimate of drug-likeness (QED) is 0.687. The Bertz CT molecular complexity index is 323. The molecular weight excluding hydrogens is 190 g/mol. The molecule has 1 aliphatic heterocycles. The second-order valence-corrected chi connectivity index (χ2v) is 3.46. The standard InChI is InChI=1S/C8H9NO3S/c1-6(10)12-9-5-11-2-7-3-13-4-8(7)9/h3-4H,2,5H2,1H3. The lowest BCUT2D eigenvalue weighted by molar-refractivity contribution is -0.145. The number of nitrogens with zero attached hydrogens (tertiary/aromatic N) is 1. The largest absolute Gasteiger partial charge is 0.353 e. The molecular formula is C8H9NO3S. The van der Waals surface area contributed by atoms with Crippen LogP contribution in [0.15, 0.2) is 10.8 Å². The van der Waals surface area contributed by atoms with E-state index in [1.54, 1.807) is 11.3 Å². The van der Waals surface area contributed by atoms with Crippen LogP contribution < -0.4 is 5.06 Å². The van der Waals surface area contributed by atoms with Crippen molar-refractivity contribution >= 4 is 23.0 Å². The molecule has 0 fully saturated rings. The van der Waals surface area contributed by atoms with Crippen molar-refractivity contribution in [3.63, 3.8) is 0 Å². The first-order valence-electron chi connectivity index (χ1n) is 3.86. The van der Waals surface area contributed by atoms with E-state index < -0.39 is 0 Å². The summed E-state index contributed by atoms with van der Waals surface area (Å²) in [4.78, 5) is 15.7. The normalized spacial score (nSPS) is 15.3. The average Bonchev–Trinajstić information content (AvgIpc) is 2.51. The number of ether oxygens (including phenoxy) is 1. The summed E-state index contributed by atoms with van der Waals surface area (Å²) in [6, 6.07) is 0. The van der Waals surface area contributed by atoms with Gasteiger partial charge in [0.1, 0.15) is 0 Å². The van der Waals surface area contributed by atoms with Crippen molar-refractivity contribution in [1.29, 1.82) is 0 Å². The van der Waals surface area contributed by atoms with Crippen LogP contribution in [0.3, 0.4) is 0 Å². The number of hydrogen-bond acceptors (Lipinski definition) is 5. The van der Waals surface area contributed by atoms with Crippen LogP contribution in [0.1, 0.15) is 12.5 Å². The van der Waals surface area contributed by atoms with Gasteiger partial charge in [0.25, 0.3) is 0 Å². The lowest BCUT2D eigenvalue weighted by atomic mass is 10.3. The predicted octanol–water partition coefficient (Wildman–Crippen LogP) is 1.52. The third-order valence-corrected chi connectivity index (χ3v) is 2.47. The highest BCUT2D eigenvalue weighted by Crippen LogP contribution is 2.29. The van der Waals surface area contributed by atoms with E-state index in [1.807, 2.05) is 10.8 Å². The molecule has 1 aliphatic rings. The second kappa shape index (κ2) is 3.35. The van der Waals surface area contributed by atoms with Crippen LogP contribution >= 0.6 is 11.3 Å². The van der Waals surface area contributed by atoms with Crippen molar-refractivity contribution in [2.24, 2.45) is 0 Å². The van der Waals surface area contributed by atoms with E-state index in [2.05, 4.69) is 0 Å². The van der Waals surface area contributed by atoms with Crippen LogP contribution in [-0.4, -0.2) is 12.7 Å². The fourth-order valence-electron chi connectivity index (χ4n) is 1.18. The van der Waals surface area contributed by atoms with Gasteiger partial charge >= 0.3 is 5.97 Å². The van der Waals surface area contributed by atoms with Gasteiger partial charge in [-0.15, -0.1) is 11.3 Å². The minimum Gasteiger partial charge on any atom is -0.353 e. The fourth-order valence-corrected chi connectivity index (χ4v) is 2.00. The molecule has 4 nitrogen and oxygen atoms in total. The summed E-state index contributed by atoms with van der Waals surface area (Å²) in [5, 5.41) is 5.41. The van der Waals surface area contributed by atoms with Gasteiger partial charge in [-0.25, -0.2) is 0 Å². The number of hydrogen-bond donors (Lipinski definition) is 0. The Labute approximate surface area is 79.6 Å². The lowest BCUT2D eigenvalue weighted by Gasteiger charge is -2.26. The average molecular weight is 199 g/mol. The van der Waals surface area contributed by atoms with Crippen LogP contribution in [0.25, 0.3) is 0 Å². The van der Waals surface area contributed by atoms with Crippen LogP contribution in [-0.2, 0) is 21.0 Å². The smallest absolute Gasteiger partial charge is 0.329 e. The van der Waals surface area contributed by atoms with Gasteiger partial charge in [-0.05, 0) is 5.38 Å². The van der Waals surface area contributed by atoms with E-state index in [1.165, 1.54) is 12.0 Å². The Morgan fingerprint density at radius 3 is 3.31 bits per heavy atom. The van der Waals surface area contributed by atoms with E-state index in [0.29, 0.717) is 13.3 Å². The summed E-state index contributed by atoms with van der Waals surface area (Å²) in [6.45, 7) is 2.28. The molecule has 0 bridgehead atoms. The van der Waals surface area contributed by atoms with Gasteiger partial charge in [0.05, 0.1) is 12.3 Å². The number of fused-ring (bicyclic) bond motifs is 1. The second-order valence-electron chi connectivity index (χ2n) is 2.72.